The van der Waals surface area contributed by atoms with Crippen LogP contribution in [0.25, 0.3) is 0 Å². The number of hydrogen-bond donors (Lipinski definition) is 1. The number of terminal acetylenes is 1. The molecule has 0 aliphatic rings. The Labute approximate surface area is 108 Å². The molecule has 0 amide bonds. The Hall–Kier alpha value is -1.51. The first-order valence-corrected chi connectivity index (χ1v) is 7.14. The fraction of sp³-hybridized carbons (Fsp3) is 0.385. The minimum Gasteiger partial charge on any atom is -0.497 e. The van der Waals surface area contributed by atoms with E-state index in [1.165, 1.54) is 19.2 Å². The molecule has 1 N–H and O–H groups in total. The topological polar surface area (TPSA) is 55.4 Å². The largest absolute Gasteiger partial charge is 0.497 e. The van der Waals surface area contributed by atoms with Crippen LogP contribution in [0.15, 0.2) is 29.2 Å². The standard InChI is InChI=1S/C13H17NO3S/c1-4-6-11(5-2)14-18(15,16)13-9-7-12(17-3)8-10-13/h2,7-11,14H,4,6H2,1,3H3. The molecule has 1 rings (SSSR count). The molecular weight excluding hydrogens is 250 g/mol. The summed E-state index contributed by atoms with van der Waals surface area (Å²) < 4.78 is 31.5. The summed E-state index contributed by atoms with van der Waals surface area (Å²) in [6.45, 7) is 1.95. The smallest absolute Gasteiger partial charge is 0.241 e. The fourth-order valence-corrected chi connectivity index (χ4v) is 2.67. The second kappa shape index (κ2) is 6.43. The molecule has 98 valence electrons. The predicted octanol–water partition coefficient (Wildman–Crippen LogP) is 1.78. The maximum absolute atomic E-state index is 12.0. The molecule has 1 aromatic rings. The second-order valence-electron chi connectivity index (χ2n) is 3.80. The number of hydrogen-bond acceptors (Lipinski definition) is 3. The monoisotopic (exact) mass is 267 g/mol. The Morgan fingerprint density at radius 2 is 2.00 bits per heavy atom. The van der Waals surface area contributed by atoms with Crippen molar-refractivity contribution in [3.63, 3.8) is 0 Å². The van der Waals surface area contributed by atoms with Crippen molar-refractivity contribution < 1.29 is 13.2 Å². The van der Waals surface area contributed by atoms with Crippen molar-refractivity contribution in [1.29, 1.82) is 0 Å². The summed E-state index contributed by atoms with van der Waals surface area (Å²) in [7, 11) is -2.04. The Morgan fingerprint density at radius 3 is 2.44 bits per heavy atom. The van der Waals surface area contributed by atoms with E-state index in [2.05, 4.69) is 10.6 Å². The van der Waals surface area contributed by atoms with Gasteiger partial charge < -0.3 is 4.74 Å². The highest BCUT2D eigenvalue weighted by molar-refractivity contribution is 7.89. The van der Waals surface area contributed by atoms with Crippen LogP contribution < -0.4 is 9.46 Å². The number of ether oxygens (including phenoxy) is 1. The highest BCUT2D eigenvalue weighted by Crippen LogP contribution is 2.16. The van der Waals surface area contributed by atoms with Crippen LogP contribution >= 0.6 is 0 Å². The Balaban J connectivity index is 2.88. The zero-order valence-electron chi connectivity index (χ0n) is 10.5. The van der Waals surface area contributed by atoms with Crippen LogP contribution in [0, 0.1) is 12.3 Å². The highest BCUT2D eigenvalue weighted by atomic mass is 32.2. The van der Waals surface area contributed by atoms with E-state index in [-0.39, 0.29) is 4.90 Å². The predicted molar refractivity (Wildman–Crippen MR) is 70.8 cm³/mol. The molecule has 1 atom stereocenters. The van der Waals surface area contributed by atoms with Crippen molar-refractivity contribution in [3.05, 3.63) is 24.3 Å². The zero-order valence-corrected chi connectivity index (χ0v) is 11.3. The summed E-state index contributed by atoms with van der Waals surface area (Å²) in [5.74, 6) is 3.04. The molecule has 0 radical (unpaired) electrons. The molecule has 0 spiro atoms. The van der Waals surface area contributed by atoms with Gasteiger partial charge in [-0.2, -0.15) is 4.72 Å². The molecule has 0 fully saturated rings. The number of methoxy groups -OCH3 is 1. The highest BCUT2D eigenvalue weighted by Gasteiger charge is 2.18. The van der Waals surface area contributed by atoms with E-state index in [0.29, 0.717) is 12.2 Å². The van der Waals surface area contributed by atoms with Gasteiger partial charge in [-0.05, 0) is 30.7 Å². The minimum atomic E-state index is -3.57. The van der Waals surface area contributed by atoms with Crippen LogP contribution in [-0.2, 0) is 10.0 Å². The average molecular weight is 267 g/mol. The van der Waals surface area contributed by atoms with Crippen molar-refractivity contribution in [2.45, 2.75) is 30.7 Å². The molecule has 4 nitrogen and oxygen atoms in total. The van der Waals surface area contributed by atoms with Gasteiger partial charge in [0.2, 0.25) is 10.0 Å². The Morgan fingerprint density at radius 1 is 1.39 bits per heavy atom. The van der Waals surface area contributed by atoms with Crippen molar-refractivity contribution in [3.8, 4) is 18.1 Å². The first-order valence-electron chi connectivity index (χ1n) is 5.66. The van der Waals surface area contributed by atoms with Crippen molar-refractivity contribution in [2.75, 3.05) is 7.11 Å². The molecule has 0 saturated heterocycles. The van der Waals surface area contributed by atoms with Gasteiger partial charge in [-0.15, -0.1) is 6.42 Å². The number of benzene rings is 1. The van der Waals surface area contributed by atoms with Gasteiger partial charge in [-0.1, -0.05) is 19.3 Å². The van der Waals surface area contributed by atoms with E-state index in [0.717, 1.165) is 6.42 Å². The molecule has 0 bridgehead atoms. The van der Waals surface area contributed by atoms with E-state index in [1.54, 1.807) is 12.1 Å². The molecule has 1 unspecified atom stereocenters. The average Bonchev–Trinajstić information content (AvgIpc) is 2.38. The lowest BCUT2D eigenvalue weighted by Gasteiger charge is -2.12. The van der Waals surface area contributed by atoms with Crippen molar-refractivity contribution in [2.24, 2.45) is 0 Å². The maximum Gasteiger partial charge on any atom is 0.241 e. The lowest BCUT2D eigenvalue weighted by molar-refractivity contribution is 0.414. The van der Waals surface area contributed by atoms with Gasteiger partial charge in [0.05, 0.1) is 18.0 Å². The SMILES string of the molecule is C#CC(CCC)NS(=O)(=O)c1ccc(OC)cc1. The summed E-state index contributed by atoms with van der Waals surface area (Å²) in [5, 5.41) is 0. The summed E-state index contributed by atoms with van der Waals surface area (Å²) in [6.07, 6.45) is 6.73. The molecule has 0 saturated carbocycles. The quantitative estimate of drug-likeness (QED) is 0.799. The van der Waals surface area contributed by atoms with E-state index >= 15 is 0 Å². The maximum atomic E-state index is 12.0. The van der Waals surface area contributed by atoms with Crippen LogP contribution in [0.5, 0.6) is 5.75 Å². The number of rotatable bonds is 6. The fourth-order valence-electron chi connectivity index (χ4n) is 1.48. The van der Waals surface area contributed by atoms with Gasteiger partial charge in [0.25, 0.3) is 0 Å². The van der Waals surface area contributed by atoms with E-state index in [9.17, 15) is 8.42 Å². The zero-order chi connectivity index (χ0) is 13.6. The molecule has 18 heavy (non-hydrogen) atoms. The van der Waals surface area contributed by atoms with E-state index in [4.69, 9.17) is 11.2 Å². The van der Waals surface area contributed by atoms with Gasteiger partial charge in [-0.25, -0.2) is 8.42 Å². The summed E-state index contributed by atoms with van der Waals surface area (Å²) >= 11 is 0. The molecule has 5 heteroatoms. The normalized spacial score (nSPS) is 12.7. The van der Waals surface area contributed by atoms with Crippen molar-refractivity contribution in [1.82, 2.24) is 4.72 Å². The molecule has 0 aromatic heterocycles. The van der Waals surface area contributed by atoms with Crippen molar-refractivity contribution >= 4 is 10.0 Å². The number of nitrogens with one attached hydrogen (secondary N) is 1. The molecular formula is C13H17NO3S. The molecule has 1 aromatic carbocycles. The Kier molecular flexibility index (Phi) is 5.20. The van der Waals surface area contributed by atoms with Crippen LogP contribution in [0.1, 0.15) is 19.8 Å². The van der Waals surface area contributed by atoms with Crippen LogP contribution in [0.4, 0.5) is 0 Å². The third kappa shape index (κ3) is 3.76. The van der Waals surface area contributed by atoms with Gasteiger partial charge in [0.15, 0.2) is 0 Å². The lowest BCUT2D eigenvalue weighted by Crippen LogP contribution is -2.33. The molecule has 0 aliphatic carbocycles. The van der Waals surface area contributed by atoms with E-state index < -0.39 is 16.1 Å². The van der Waals surface area contributed by atoms with Gasteiger partial charge in [-0.3, -0.25) is 0 Å². The van der Waals surface area contributed by atoms with Gasteiger partial charge >= 0.3 is 0 Å². The minimum absolute atomic E-state index is 0.180. The summed E-state index contributed by atoms with van der Waals surface area (Å²) in [4.78, 5) is 0.180. The van der Waals surface area contributed by atoms with E-state index in [1.807, 2.05) is 6.92 Å². The number of sulfonamides is 1. The first kappa shape index (κ1) is 14.6. The van der Waals surface area contributed by atoms with Crippen LogP contribution in [-0.4, -0.2) is 21.6 Å². The third-order valence-corrected chi connectivity index (χ3v) is 3.93. The Bertz CT molecular complexity index is 514. The second-order valence-corrected chi connectivity index (χ2v) is 5.52. The van der Waals surface area contributed by atoms with Gasteiger partial charge in [0, 0.05) is 0 Å². The molecule has 0 aliphatic heterocycles. The summed E-state index contributed by atoms with van der Waals surface area (Å²) in [6, 6.07) is 5.70. The van der Waals surface area contributed by atoms with Crippen LogP contribution in [0.3, 0.4) is 0 Å². The molecule has 0 heterocycles. The first-order chi connectivity index (χ1) is 8.53. The summed E-state index contributed by atoms with van der Waals surface area (Å²) in [5.41, 5.74) is 0. The lowest BCUT2D eigenvalue weighted by atomic mass is 10.2. The van der Waals surface area contributed by atoms with Gasteiger partial charge in [0.1, 0.15) is 5.75 Å². The third-order valence-electron chi connectivity index (χ3n) is 2.45. The van der Waals surface area contributed by atoms with Crippen LogP contribution in [0.2, 0.25) is 0 Å².